The number of hydrogen-bond donors (Lipinski definition) is 1. The van der Waals surface area contributed by atoms with Crippen LogP contribution in [0.3, 0.4) is 0 Å². The van der Waals surface area contributed by atoms with Crippen molar-refractivity contribution in [2.24, 2.45) is 0 Å². The number of likely N-dealkylation sites (tertiary alicyclic amines) is 1. The minimum Gasteiger partial charge on any atom is -0.344 e. The van der Waals surface area contributed by atoms with Crippen LogP contribution in [-0.2, 0) is 30.7 Å². The van der Waals surface area contributed by atoms with Gasteiger partial charge in [0, 0.05) is 18.7 Å². The largest absolute Gasteiger partial charge is 0.344 e. The van der Waals surface area contributed by atoms with Gasteiger partial charge in [-0.3, -0.25) is 9.69 Å². The average molecular weight is 393 g/mol. The van der Waals surface area contributed by atoms with Crippen LogP contribution < -0.4 is 0 Å². The second kappa shape index (κ2) is 7.59. The van der Waals surface area contributed by atoms with Gasteiger partial charge in [-0.05, 0) is 43.6 Å². The van der Waals surface area contributed by atoms with E-state index in [2.05, 4.69) is 9.88 Å². The number of aromatic amines is 1. The average Bonchev–Trinajstić information content (AvgIpc) is 3.26. The Morgan fingerprint density at radius 3 is 2.73 bits per heavy atom. The lowest BCUT2D eigenvalue weighted by Crippen LogP contribution is -2.37. The zero-order chi connectivity index (χ0) is 18.1. The van der Waals surface area contributed by atoms with Gasteiger partial charge in [-0.25, -0.2) is 4.98 Å². The van der Waals surface area contributed by atoms with Crippen molar-refractivity contribution in [2.45, 2.75) is 38.8 Å². The van der Waals surface area contributed by atoms with Crippen molar-refractivity contribution in [3.8, 4) is 0 Å². The van der Waals surface area contributed by atoms with Crippen LogP contribution in [-0.4, -0.2) is 45.3 Å². The normalized spacial score (nSPS) is 17.5. The third kappa shape index (κ3) is 3.90. The van der Waals surface area contributed by atoms with E-state index < -0.39 is 0 Å². The van der Waals surface area contributed by atoms with Crippen molar-refractivity contribution in [1.82, 2.24) is 19.8 Å². The molecular weight excluding hydrogens is 371 g/mol. The second-order valence-corrected chi connectivity index (χ2v) is 7.90. The Kier molecular flexibility index (Phi) is 5.20. The number of carbonyl (C=O) groups excluding carboxylic acids is 1. The number of amides is 1. The molecule has 1 N–H and O–H groups in total. The molecule has 4 rings (SSSR count). The Morgan fingerprint density at radius 2 is 1.96 bits per heavy atom. The fourth-order valence-electron chi connectivity index (χ4n) is 3.73. The summed E-state index contributed by atoms with van der Waals surface area (Å²) in [5.41, 5.74) is 3.07. The molecule has 0 saturated carbocycles. The van der Waals surface area contributed by atoms with Crippen LogP contribution in [0.4, 0.5) is 0 Å². The quantitative estimate of drug-likeness (QED) is 0.866. The lowest BCUT2D eigenvalue weighted by molar-refractivity contribution is -0.131. The van der Waals surface area contributed by atoms with Crippen molar-refractivity contribution >= 4 is 29.1 Å². The maximum Gasteiger partial charge on any atom is 0.227 e. The van der Waals surface area contributed by atoms with Gasteiger partial charge >= 0.3 is 0 Å². The summed E-state index contributed by atoms with van der Waals surface area (Å²) in [5.74, 6) is 1.12. The van der Waals surface area contributed by atoms with Crippen molar-refractivity contribution in [2.75, 3.05) is 19.6 Å². The summed E-state index contributed by atoms with van der Waals surface area (Å²) in [5, 5.41) is 0.990. The zero-order valence-electron chi connectivity index (χ0n) is 14.6. The molecule has 0 atom stereocenters. The third-order valence-electron chi connectivity index (χ3n) is 5.15. The first-order chi connectivity index (χ1) is 12.6. The Balaban J connectivity index is 1.40. The van der Waals surface area contributed by atoms with Crippen molar-refractivity contribution < 1.29 is 4.79 Å². The number of H-pyrrole nitrogens is 1. The number of hydrogen-bond acceptors (Lipinski definition) is 3. The Hall–Kier alpha value is -1.56. The SMILES string of the molecule is O=C(Cc1ccc(Cl)c(Cl)c1)N1CCc2[nH]c(CN3CCCC3)nc2C1. The molecule has 2 aromatic rings. The molecule has 0 spiro atoms. The summed E-state index contributed by atoms with van der Waals surface area (Å²) < 4.78 is 0. The van der Waals surface area contributed by atoms with E-state index >= 15 is 0 Å². The summed E-state index contributed by atoms with van der Waals surface area (Å²) in [6.45, 7) is 4.48. The van der Waals surface area contributed by atoms with Crippen LogP contribution in [0.2, 0.25) is 10.0 Å². The highest BCUT2D eigenvalue weighted by Crippen LogP contribution is 2.24. The van der Waals surface area contributed by atoms with Crippen molar-refractivity contribution in [3.05, 3.63) is 51.0 Å². The molecule has 2 aliphatic heterocycles. The number of benzene rings is 1. The molecule has 5 nitrogen and oxygen atoms in total. The molecule has 0 unspecified atom stereocenters. The number of nitrogens with zero attached hydrogens (tertiary/aromatic N) is 3. The van der Waals surface area contributed by atoms with Gasteiger partial charge in [-0.1, -0.05) is 29.3 Å². The van der Waals surface area contributed by atoms with Crippen LogP contribution in [0.15, 0.2) is 18.2 Å². The summed E-state index contributed by atoms with van der Waals surface area (Å²) >= 11 is 12.0. The molecule has 3 heterocycles. The van der Waals surface area contributed by atoms with Crippen LogP contribution in [0.1, 0.15) is 35.6 Å². The van der Waals surface area contributed by atoms with E-state index in [0.717, 1.165) is 49.7 Å². The molecule has 1 aromatic carbocycles. The lowest BCUT2D eigenvalue weighted by Gasteiger charge is -2.26. The van der Waals surface area contributed by atoms with Crippen LogP contribution in [0.25, 0.3) is 0 Å². The number of aromatic nitrogens is 2. The van der Waals surface area contributed by atoms with E-state index in [0.29, 0.717) is 23.0 Å². The number of nitrogens with one attached hydrogen (secondary N) is 1. The Bertz CT molecular complexity index is 814. The molecule has 0 bridgehead atoms. The number of imidazole rings is 1. The molecule has 1 saturated heterocycles. The first-order valence-electron chi connectivity index (χ1n) is 9.09. The molecule has 7 heteroatoms. The lowest BCUT2D eigenvalue weighted by atomic mass is 10.1. The number of fused-ring (bicyclic) bond motifs is 1. The van der Waals surface area contributed by atoms with Crippen LogP contribution >= 0.6 is 23.2 Å². The predicted octanol–water partition coefficient (Wildman–Crippen LogP) is 3.44. The van der Waals surface area contributed by atoms with E-state index in [1.54, 1.807) is 12.1 Å². The fourth-order valence-corrected chi connectivity index (χ4v) is 4.05. The molecule has 1 amide bonds. The smallest absolute Gasteiger partial charge is 0.227 e. The van der Waals surface area contributed by atoms with E-state index in [4.69, 9.17) is 28.2 Å². The molecule has 1 fully saturated rings. The summed E-state index contributed by atoms with van der Waals surface area (Å²) in [4.78, 5) is 25.2. The van der Waals surface area contributed by atoms with Gasteiger partial charge in [0.2, 0.25) is 5.91 Å². The van der Waals surface area contributed by atoms with Gasteiger partial charge in [0.05, 0.1) is 35.2 Å². The first-order valence-corrected chi connectivity index (χ1v) is 9.85. The van der Waals surface area contributed by atoms with E-state index in [1.165, 1.54) is 18.5 Å². The van der Waals surface area contributed by atoms with Gasteiger partial charge in [-0.2, -0.15) is 0 Å². The maximum atomic E-state index is 12.7. The topological polar surface area (TPSA) is 52.2 Å². The highest BCUT2D eigenvalue weighted by molar-refractivity contribution is 6.42. The molecule has 0 aliphatic carbocycles. The number of halogens is 2. The second-order valence-electron chi connectivity index (χ2n) is 7.08. The molecule has 26 heavy (non-hydrogen) atoms. The van der Waals surface area contributed by atoms with E-state index in [1.807, 2.05) is 11.0 Å². The minimum absolute atomic E-state index is 0.0955. The van der Waals surface area contributed by atoms with Gasteiger partial charge in [0.25, 0.3) is 0 Å². The minimum atomic E-state index is 0.0955. The van der Waals surface area contributed by atoms with E-state index in [9.17, 15) is 4.79 Å². The zero-order valence-corrected chi connectivity index (χ0v) is 16.1. The number of carbonyl (C=O) groups is 1. The maximum absolute atomic E-state index is 12.7. The van der Waals surface area contributed by atoms with E-state index in [-0.39, 0.29) is 5.91 Å². The highest BCUT2D eigenvalue weighted by atomic mass is 35.5. The monoisotopic (exact) mass is 392 g/mol. The van der Waals surface area contributed by atoms with Crippen molar-refractivity contribution in [3.63, 3.8) is 0 Å². The fraction of sp³-hybridized carbons (Fsp3) is 0.474. The third-order valence-corrected chi connectivity index (χ3v) is 5.89. The van der Waals surface area contributed by atoms with Gasteiger partial charge in [-0.15, -0.1) is 0 Å². The Morgan fingerprint density at radius 1 is 1.15 bits per heavy atom. The van der Waals surface area contributed by atoms with Crippen molar-refractivity contribution in [1.29, 1.82) is 0 Å². The molecule has 138 valence electrons. The molecule has 2 aliphatic rings. The highest BCUT2D eigenvalue weighted by Gasteiger charge is 2.24. The van der Waals surface area contributed by atoms with Crippen LogP contribution in [0, 0.1) is 0 Å². The Labute approximate surface area is 163 Å². The van der Waals surface area contributed by atoms with Crippen LogP contribution in [0.5, 0.6) is 0 Å². The summed E-state index contributed by atoms with van der Waals surface area (Å²) in [7, 11) is 0. The summed E-state index contributed by atoms with van der Waals surface area (Å²) in [6, 6.07) is 5.35. The number of rotatable bonds is 4. The first kappa shape index (κ1) is 17.8. The van der Waals surface area contributed by atoms with Gasteiger partial charge < -0.3 is 9.88 Å². The van der Waals surface area contributed by atoms with Gasteiger partial charge in [0.1, 0.15) is 5.82 Å². The molecular formula is C19H22Cl2N4O. The standard InChI is InChI=1S/C19H22Cl2N4O/c20-14-4-3-13(9-15(14)21)10-19(26)25-8-5-16-17(11-25)23-18(22-16)12-24-6-1-2-7-24/h3-4,9H,1-2,5-8,10-12H2,(H,22,23). The van der Waals surface area contributed by atoms with Gasteiger partial charge in [0.15, 0.2) is 0 Å². The molecule has 1 aromatic heterocycles. The molecule has 0 radical (unpaired) electrons. The summed E-state index contributed by atoms with van der Waals surface area (Å²) in [6.07, 6.45) is 3.71. The predicted molar refractivity (Wildman–Crippen MR) is 102 cm³/mol.